The largest absolute Gasteiger partial charge is 0.476 e. The maximum atomic E-state index is 10.6. The van der Waals surface area contributed by atoms with E-state index in [2.05, 4.69) is 10.2 Å². The maximum Gasteiger partial charge on any atom is 0.358 e. The van der Waals surface area contributed by atoms with Gasteiger partial charge in [-0.25, -0.2) is 4.79 Å². The molecule has 0 aromatic carbocycles. The van der Waals surface area contributed by atoms with Crippen LogP contribution in [-0.4, -0.2) is 35.4 Å². The second-order valence-electron chi connectivity index (χ2n) is 2.75. The lowest BCUT2D eigenvalue weighted by Crippen LogP contribution is -2.13. The predicted molar refractivity (Wildman–Crippen MR) is 44.6 cm³/mol. The lowest BCUT2D eigenvalue weighted by molar-refractivity contribution is 0.0691. The SMILES string of the molecule is Cc1[nH]nc(C(=O)O)c1N(C)C. The molecule has 0 unspecified atom stereocenters. The van der Waals surface area contributed by atoms with E-state index in [0.29, 0.717) is 5.69 Å². The summed E-state index contributed by atoms with van der Waals surface area (Å²) in [4.78, 5) is 12.4. The average Bonchev–Trinajstić information content (AvgIpc) is 2.30. The van der Waals surface area contributed by atoms with Crippen LogP contribution in [0, 0.1) is 6.92 Å². The van der Waals surface area contributed by atoms with Gasteiger partial charge in [0.2, 0.25) is 0 Å². The molecule has 0 spiro atoms. The Labute approximate surface area is 70.0 Å². The Morgan fingerprint density at radius 2 is 2.17 bits per heavy atom. The first-order chi connectivity index (χ1) is 5.54. The molecule has 0 aliphatic heterocycles. The number of carboxylic acid groups (broad SMARTS) is 1. The highest BCUT2D eigenvalue weighted by molar-refractivity contribution is 5.92. The number of nitrogens with zero attached hydrogens (tertiary/aromatic N) is 2. The van der Waals surface area contributed by atoms with E-state index in [9.17, 15) is 4.79 Å². The van der Waals surface area contributed by atoms with Gasteiger partial charge in [-0.05, 0) is 6.92 Å². The van der Waals surface area contributed by atoms with Crippen LogP contribution in [0.1, 0.15) is 16.2 Å². The molecule has 66 valence electrons. The lowest BCUT2D eigenvalue weighted by atomic mass is 10.3. The summed E-state index contributed by atoms with van der Waals surface area (Å²) < 4.78 is 0. The van der Waals surface area contributed by atoms with E-state index in [1.54, 1.807) is 25.9 Å². The Bertz CT molecular complexity index is 304. The zero-order valence-electron chi connectivity index (χ0n) is 7.25. The molecule has 0 saturated heterocycles. The summed E-state index contributed by atoms with van der Waals surface area (Å²) in [5, 5.41) is 15.0. The smallest absolute Gasteiger partial charge is 0.358 e. The molecule has 0 aliphatic rings. The van der Waals surface area contributed by atoms with Crippen molar-refractivity contribution in [3.8, 4) is 0 Å². The van der Waals surface area contributed by atoms with Crippen LogP contribution >= 0.6 is 0 Å². The first-order valence-electron chi connectivity index (χ1n) is 3.49. The van der Waals surface area contributed by atoms with Gasteiger partial charge >= 0.3 is 5.97 Å². The molecule has 1 heterocycles. The quantitative estimate of drug-likeness (QED) is 0.675. The number of anilines is 1. The van der Waals surface area contributed by atoms with Gasteiger partial charge in [-0.3, -0.25) is 5.10 Å². The Morgan fingerprint density at radius 3 is 2.50 bits per heavy atom. The van der Waals surface area contributed by atoms with Crippen LogP contribution in [0.15, 0.2) is 0 Å². The van der Waals surface area contributed by atoms with Crippen molar-refractivity contribution in [1.82, 2.24) is 10.2 Å². The minimum atomic E-state index is -1.01. The molecule has 1 rings (SSSR count). The van der Waals surface area contributed by atoms with Crippen LogP contribution in [-0.2, 0) is 0 Å². The fourth-order valence-electron chi connectivity index (χ4n) is 1.12. The van der Waals surface area contributed by atoms with E-state index in [1.807, 2.05) is 0 Å². The van der Waals surface area contributed by atoms with Crippen LogP contribution < -0.4 is 4.90 Å². The highest BCUT2D eigenvalue weighted by Crippen LogP contribution is 2.19. The van der Waals surface area contributed by atoms with E-state index in [4.69, 9.17) is 5.11 Å². The van der Waals surface area contributed by atoms with Crippen molar-refractivity contribution in [3.63, 3.8) is 0 Å². The van der Waals surface area contributed by atoms with Gasteiger partial charge in [-0.15, -0.1) is 0 Å². The van der Waals surface area contributed by atoms with Gasteiger partial charge in [-0.2, -0.15) is 5.10 Å². The normalized spacial score (nSPS) is 9.92. The fourth-order valence-corrected chi connectivity index (χ4v) is 1.12. The van der Waals surface area contributed by atoms with Crippen LogP contribution in [0.2, 0.25) is 0 Å². The van der Waals surface area contributed by atoms with E-state index in [1.165, 1.54) is 0 Å². The minimum absolute atomic E-state index is 0.0671. The third-order valence-corrected chi connectivity index (χ3v) is 1.56. The van der Waals surface area contributed by atoms with Gasteiger partial charge in [0.05, 0.1) is 11.4 Å². The molecule has 2 N–H and O–H groups in total. The molecule has 12 heavy (non-hydrogen) atoms. The molecule has 5 heteroatoms. The number of aryl methyl sites for hydroxylation is 1. The molecule has 0 amide bonds. The number of aromatic nitrogens is 2. The van der Waals surface area contributed by atoms with Gasteiger partial charge in [0.1, 0.15) is 0 Å². The van der Waals surface area contributed by atoms with E-state index in [0.717, 1.165) is 5.69 Å². The summed E-state index contributed by atoms with van der Waals surface area (Å²) >= 11 is 0. The van der Waals surface area contributed by atoms with Gasteiger partial charge in [0.25, 0.3) is 0 Å². The number of carbonyl (C=O) groups is 1. The van der Waals surface area contributed by atoms with Crippen molar-refractivity contribution in [3.05, 3.63) is 11.4 Å². The molecule has 0 fully saturated rings. The van der Waals surface area contributed by atoms with Crippen LogP contribution in [0.25, 0.3) is 0 Å². The number of aromatic carboxylic acids is 1. The highest BCUT2D eigenvalue weighted by atomic mass is 16.4. The fraction of sp³-hybridized carbons (Fsp3) is 0.429. The zero-order chi connectivity index (χ0) is 9.30. The molecule has 5 nitrogen and oxygen atoms in total. The van der Waals surface area contributed by atoms with E-state index >= 15 is 0 Å². The molecule has 0 atom stereocenters. The molecule has 0 saturated carbocycles. The minimum Gasteiger partial charge on any atom is -0.476 e. The van der Waals surface area contributed by atoms with Crippen molar-refractivity contribution < 1.29 is 9.90 Å². The van der Waals surface area contributed by atoms with Crippen LogP contribution in [0.3, 0.4) is 0 Å². The molecular weight excluding hydrogens is 158 g/mol. The topological polar surface area (TPSA) is 69.2 Å². The standard InChI is InChI=1S/C7H11N3O2/c1-4-6(10(2)3)5(7(11)12)9-8-4/h1-3H3,(H,8,9)(H,11,12). The Kier molecular flexibility index (Phi) is 2.03. The van der Waals surface area contributed by atoms with Crippen molar-refractivity contribution in [1.29, 1.82) is 0 Å². The van der Waals surface area contributed by atoms with Gasteiger partial charge in [-0.1, -0.05) is 0 Å². The second-order valence-corrected chi connectivity index (χ2v) is 2.75. The Balaban J connectivity index is 3.21. The average molecular weight is 169 g/mol. The van der Waals surface area contributed by atoms with Crippen LogP contribution in [0.5, 0.6) is 0 Å². The zero-order valence-corrected chi connectivity index (χ0v) is 7.25. The first-order valence-corrected chi connectivity index (χ1v) is 3.49. The summed E-state index contributed by atoms with van der Waals surface area (Å²) in [6.45, 7) is 1.79. The highest BCUT2D eigenvalue weighted by Gasteiger charge is 2.17. The number of hydrogen-bond donors (Lipinski definition) is 2. The molecule has 1 aromatic heterocycles. The monoisotopic (exact) mass is 169 g/mol. The number of hydrogen-bond acceptors (Lipinski definition) is 3. The molecule has 0 bridgehead atoms. The van der Waals surface area contributed by atoms with Gasteiger partial charge < -0.3 is 10.0 Å². The van der Waals surface area contributed by atoms with Crippen molar-refractivity contribution in [2.75, 3.05) is 19.0 Å². The second kappa shape index (κ2) is 2.84. The number of carboxylic acids is 1. The molecule has 0 radical (unpaired) electrons. The molecule has 1 aromatic rings. The summed E-state index contributed by atoms with van der Waals surface area (Å²) in [5.74, 6) is -1.01. The van der Waals surface area contributed by atoms with Crippen LogP contribution in [0.4, 0.5) is 5.69 Å². The Morgan fingerprint density at radius 1 is 1.58 bits per heavy atom. The van der Waals surface area contributed by atoms with Gasteiger partial charge in [0.15, 0.2) is 5.69 Å². The van der Waals surface area contributed by atoms with Gasteiger partial charge in [0, 0.05) is 14.1 Å². The van der Waals surface area contributed by atoms with E-state index < -0.39 is 5.97 Å². The first kappa shape index (κ1) is 8.58. The predicted octanol–water partition coefficient (Wildman–Crippen LogP) is 0.482. The Hall–Kier alpha value is -1.52. The third-order valence-electron chi connectivity index (χ3n) is 1.56. The van der Waals surface area contributed by atoms with Crippen molar-refractivity contribution >= 4 is 11.7 Å². The summed E-state index contributed by atoms with van der Waals surface area (Å²) in [5.41, 5.74) is 1.46. The number of nitrogens with one attached hydrogen (secondary N) is 1. The number of aromatic amines is 1. The van der Waals surface area contributed by atoms with Crippen molar-refractivity contribution in [2.24, 2.45) is 0 Å². The summed E-state index contributed by atoms with van der Waals surface area (Å²) in [7, 11) is 3.56. The molecule has 0 aliphatic carbocycles. The summed E-state index contributed by atoms with van der Waals surface area (Å²) in [6, 6.07) is 0. The third kappa shape index (κ3) is 1.25. The number of rotatable bonds is 2. The lowest BCUT2D eigenvalue weighted by Gasteiger charge is -2.11. The number of H-pyrrole nitrogens is 1. The van der Waals surface area contributed by atoms with Crippen molar-refractivity contribution in [2.45, 2.75) is 6.92 Å². The maximum absolute atomic E-state index is 10.6. The summed E-state index contributed by atoms with van der Waals surface area (Å²) in [6.07, 6.45) is 0. The van der Waals surface area contributed by atoms with E-state index in [-0.39, 0.29) is 5.69 Å². The molecular formula is C7H11N3O2.